The molecule has 0 fully saturated rings. The number of fused-ring (bicyclic) bond motifs is 2. The van der Waals surface area contributed by atoms with Gasteiger partial charge in [0.15, 0.2) is 11.5 Å². The number of ether oxygens (including phenoxy) is 2. The largest absolute Gasteiger partial charge is 0.487 e. The second-order valence-electron chi connectivity index (χ2n) is 6.97. The van der Waals surface area contributed by atoms with E-state index in [0.717, 1.165) is 30.6 Å². The molecule has 1 heterocycles. The highest BCUT2D eigenvalue weighted by molar-refractivity contribution is 5.85. The summed E-state index contributed by atoms with van der Waals surface area (Å²) in [7, 11) is 0. The lowest BCUT2D eigenvalue weighted by Gasteiger charge is -2.26. The van der Waals surface area contributed by atoms with Gasteiger partial charge < -0.3 is 19.9 Å². The van der Waals surface area contributed by atoms with Crippen LogP contribution in [0.2, 0.25) is 0 Å². The number of para-hydroxylation sites is 1. The van der Waals surface area contributed by atoms with Gasteiger partial charge in [0.1, 0.15) is 19.3 Å². The monoisotopic (exact) mass is 387 g/mol. The first kappa shape index (κ1) is 19.7. The summed E-state index contributed by atoms with van der Waals surface area (Å²) in [6.45, 7) is 1.34. The van der Waals surface area contributed by atoms with Crippen molar-refractivity contribution in [2.24, 2.45) is 0 Å². The Kier molecular flexibility index (Phi) is 6.78. The van der Waals surface area contributed by atoms with Crippen molar-refractivity contribution in [2.45, 2.75) is 31.4 Å². The Morgan fingerprint density at radius 2 is 2.00 bits per heavy atom. The number of halogens is 1. The SMILES string of the molecule is Cl.OC(CNC1CCc2ccccc2C1)COc1cccc2c1OCC=C2. The summed E-state index contributed by atoms with van der Waals surface area (Å²) in [5.74, 6) is 1.46. The Morgan fingerprint density at radius 1 is 1.15 bits per heavy atom. The molecule has 0 aromatic heterocycles. The number of hydrogen-bond acceptors (Lipinski definition) is 4. The molecule has 27 heavy (non-hydrogen) atoms. The Labute approximate surface area is 166 Å². The molecule has 0 saturated carbocycles. The van der Waals surface area contributed by atoms with Gasteiger partial charge in [-0.05, 0) is 42.5 Å². The van der Waals surface area contributed by atoms with Crippen LogP contribution in [0.3, 0.4) is 0 Å². The molecule has 2 aromatic carbocycles. The molecule has 5 heteroatoms. The van der Waals surface area contributed by atoms with Crippen LogP contribution in [0.15, 0.2) is 48.5 Å². The fourth-order valence-corrected chi connectivity index (χ4v) is 3.66. The maximum absolute atomic E-state index is 10.3. The zero-order chi connectivity index (χ0) is 17.8. The van der Waals surface area contributed by atoms with E-state index >= 15 is 0 Å². The Balaban J connectivity index is 0.00000210. The number of aliphatic hydroxyl groups is 1. The van der Waals surface area contributed by atoms with Crippen LogP contribution >= 0.6 is 12.4 Å². The molecule has 0 spiro atoms. The zero-order valence-electron chi connectivity index (χ0n) is 15.3. The van der Waals surface area contributed by atoms with E-state index in [-0.39, 0.29) is 19.0 Å². The molecule has 2 unspecified atom stereocenters. The van der Waals surface area contributed by atoms with E-state index in [0.29, 0.717) is 24.9 Å². The summed E-state index contributed by atoms with van der Waals surface area (Å²) in [6, 6.07) is 14.9. The van der Waals surface area contributed by atoms with E-state index in [9.17, 15) is 5.11 Å². The standard InChI is InChI=1S/C22H25NO3.ClH/c24-20(14-23-19-11-10-16-5-1-2-6-18(16)13-19)15-26-21-9-3-7-17-8-4-12-25-22(17)21;/h1-9,19-20,23-24H,10-15H2;1H. The Morgan fingerprint density at radius 3 is 2.89 bits per heavy atom. The van der Waals surface area contributed by atoms with Crippen molar-refractivity contribution in [2.75, 3.05) is 19.8 Å². The number of aryl methyl sites for hydroxylation is 1. The lowest BCUT2D eigenvalue weighted by molar-refractivity contribution is 0.101. The number of hydrogen-bond donors (Lipinski definition) is 2. The third-order valence-corrected chi connectivity index (χ3v) is 5.05. The van der Waals surface area contributed by atoms with Crippen LogP contribution in [0.1, 0.15) is 23.1 Å². The highest BCUT2D eigenvalue weighted by Crippen LogP contribution is 2.34. The third-order valence-electron chi connectivity index (χ3n) is 5.05. The summed E-state index contributed by atoms with van der Waals surface area (Å²) in [4.78, 5) is 0. The molecular formula is C22H26ClNO3. The van der Waals surface area contributed by atoms with Crippen molar-refractivity contribution in [1.82, 2.24) is 5.32 Å². The normalized spacial score (nSPS) is 18.5. The summed E-state index contributed by atoms with van der Waals surface area (Å²) in [6.07, 6.45) is 6.69. The number of aliphatic hydroxyl groups excluding tert-OH is 1. The van der Waals surface area contributed by atoms with Crippen molar-refractivity contribution in [3.63, 3.8) is 0 Å². The van der Waals surface area contributed by atoms with E-state index in [2.05, 4.69) is 29.6 Å². The molecule has 144 valence electrons. The lowest BCUT2D eigenvalue weighted by atomic mass is 9.88. The van der Waals surface area contributed by atoms with Gasteiger partial charge in [-0.15, -0.1) is 12.4 Å². The molecule has 4 nitrogen and oxygen atoms in total. The van der Waals surface area contributed by atoms with Crippen molar-refractivity contribution in [3.05, 3.63) is 65.2 Å². The molecule has 2 aromatic rings. The molecule has 2 atom stereocenters. The van der Waals surface area contributed by atoms with E-state index in [1.54, 1.807) is 0 Å². The topological polar surface area (TPSA) is 50.7 Å². The first-order valence-corrected chi connectivity index (χ1v) is 9.33. The van der Waals surface area contributed by atoms with E-state index < -0.39 is 6.10 Å². The van der Waals surface area contributed by atoms with Gasteiger partial charge in [0.05, 0.1) is 0 Å². The van der Waals surface area contributed by atoms with Gasteiger partial charge in [-0.2, -0.15) is 0 Å². The van der Waals surface area contributed by atoms with Crippen molar-refractivity contribution in [1.29, 1.82) is 0 Å². The van der Waals surface area contributed by atoms with Gasteiger partial charge in [-0.1, -0.05) is 42.5 Å². The van der Waals surface area contributed by atoms with Crippen LogP contribution in [0.4, 0.5) is 0 Å². The first-order chi connectivity index (χ1) is 12.8. The van der Waals surface area contributed by atoms with Crippen LogP contribution < -0.4 is 14.8 Å². The molecule has 2 N–H and O–H groups in total. The predicted molar refractivity (Wildman–Crippen MR) is 110 cm³/mol. The van der Waals surface area contributed by atoms with Crippen LogP contribution in [-0.2, 0) is 12.8 Å². The Hall–Kier alpha value is -2.01. The molecule has 1 aliphatic heterocycles. The van der Waals surface area contributed by atoms with Crippen LogP contribution in [0.25, 0.3) is 6.08 Å². The number of rotatable bonds is 6. The fourth-order valence-electron chi connectivity index (χ4n) is 3.66. The predicted octanol–water partition coefficient (Wildman–Crippen LogP) is 3.40. The van der Waals surface area contributed by atoms with Crippen LogP contribution in [-0.4, -0.2) is 37.0 Å². The van der Waals surface area contributed by atoms with Crippen LogP contribution in [0, 0.1) is 0 Å². The molecule has 0 bridgehead atoms. The van der Waals surface area contributed by atoms with Gasteiger partial charge in [0, 0.05) is 18.2 Å². The molecule has 0 amide bonds. The molecule has 2 aliphatic rings. The van der Waals surface area contributed by atoms with Gasteiger partial charge >= 0.3 is 0 Å². The van der Waals surface area contributed by atoms with Crippen molar-refractivity contribution in [3.8, 4) is 11.5 Å². The maximum Gasteiger partial charge on any atom is 0.168 e. The average Bonchev–Trinajstić information content (AvgIpc) is 2.70. The van der Waals surface area contributed by atoms with Gasteiger partial charge in [-0.25, -0.2) is 0 Å². The smallest absolute Gasteiger partial charge is 0.168 e. The minimum Gasteiger partial charge on any atom is -0.487 e. The van der Waals surface area contributed by atoms with Gasteiger partial charge in [0.25, 0.3) is 0 Å². The van der Waals surface area contributed by atoms with E-state index in [4.69, 9.17) is 9.47 Å². The van der Waals surface area contributed by atoms with Gasteiger partial charge in [-0.3, -0.25) is 0 Å². The minimum absolute atomic E-state index is 0. The van der Waals surface area contributed by atoms with E-state index in [1.807, 2.05) is 30.4 Å². The average molecular weight is 388 g/mol. The quantitative estimate of drug-likeness (QED) is 0.797. The Bertz CT molecular complexity index is 793. The van der Waals surface area contributed by atoms with Gasteiger partial charge in [0.2, 0.25) is 0 Å². The first-order valence-electron chi connectivity index (χ1n) is 9.33. The zero-order valence-corrected chi connectivity index (χ0v) is 16.1. The highest BCUT2D eigenvalue weighted by atomic mass is 35.5. The molecule has 0 saturated heterocycles. The fraction of sp³-hybridized carbons (Fsp3) is 0.364. The summed E-state index contributed by atoms with van der Waals surface area (Å²) in [5.41, 5.74) is 3.89. The summed E-state index contributed by atoms with van der Waals surface area (Å²) >= 11 is 0. The maximum atomic E-state index is 10.3. The molecule has 1 aliphatic carbocycles. The van der Waals surface area contributed by atoms with Crippen molar-refractivity contribution >= 4 is 18.5 Å². The highest BCUT2D eigenvalue weighted by Gasteiger charge is 2.19. The second kappa shape index (κ2) is 9.27. The molecular weight excluding hydrogens is 362 g/mol. The summed E-state index contributed by atoms with van der Waals surface area (Å²) < 4.78 is 11.5. The molecule has 4 rings (SSSR count). The summed E-state index contributed by atoms with van der Waals surface area (Å²) in [5, 5.41) is 13.8. The number of nitrogens with one attached hydrogen (secondary N) is 1. The van der Waals surface area contributed by atoms with Crippen molar-refractivity contribution < 1.29 is 14.6 Å². The second-order valence-corrected chi connectivity index (χ2v) is 6.97. The van der Waals surface area contributed by atoms with E-state index in [1.165, 1.54) is 11.1 Å². The minimum atomic E-state index is -0.554. The lowest BCUT2D eigenvalue weighted by Crippen LogP contribution is -2.40. The number of benzene rings is 2. The van der Waals surface area contributed by atoms with Crippen LogP contribution in [0.5, 0.6) is 11.5 Å². The molecule has 0 radical (unpaired) electrons. The third kappa shape index (κ3) is 4.83.